The molecule has 7 nitrogen and oxygen atoms in total. The van der Waals surface area contributed by atoms with Gasteiger partial charge in [0.05, 0.1) is 11.1 Å². The molecule has 30 heavy (non-hydrogen) atoms. The molecule has 0 spiro atoms. The van der Waals surface area contributed by atoms with Crippen LogP contribution in [0.2, 0.25) is 0 Å². The third-order valence-electron chi connectivity index (χ3n) is 4.09. The van der Waals surface area contributed by atoms with Crippen LogP contribution in [0.1, 0.15) is 42.6 Å². The van der Waals surface area contributed by atoms with Crippen molar-refractivity contribution in [3.05, 3.63) is 58.1 Å². The van der Waals surface area contributed by atoms with Gasteiger partial charge in [-0.15, -0.1) is 0 Å². The Kier molecular flexibility index (Phi) is 9.63. The molecule has 0 saturated heterocycles. The lowest BCUT2D eigenvalue weighted by atomic mass is 10.0. The van der Waals surface area contributed by atoms with Crippen LogP contribution in [0, 0.1) is 0 Å². The Balaban J connectivity index is 1.80. The molecule has 0 heterocycles. The number of hydrazine groups is 1. The largest absolute Gasteiger partial charge is 0.491 e. The normalized spacial score (nSPS) is 10.6. The molecular weight excluding hydrogens is 452 g/mol. The first-order valence-corrected chi connectivity index (χ1v) is 10.5. The van der Waals surface area contributed by atoms with Crippen molar-refractivity contribution in [3.63, 3.8) is 0 Å². The maximum absolute atomic E-state index is 12.3. The molecule has 0 radical (unpaired) electrons. The van der Waals surface area contributed by atoms with Gasteiger partial charge in [0.15, 0.2) is 6.61 Å². The van der Waals surface area contributed by atoms with Gasteiger partial charge in [0.2, 0.25) is 0 Å². The summed E-state index contributed by atoms with van der Waals surface area (Å²) in [4.78, 5) is 24.3. The van der Waals surface area contributed by atoms with Crippen LogP contribution < -0.4 is 20.3 Å². The van der Waals surface area contributed by atoms with Gasteiger partial charge in [-0.25, -0.2) is 0 Å². The molecule has 0 bridgehead atoms. The fourth-order valence-electron chi connectivity index (χ4n) is 2.46. The molecule has 2 rings (SSSR count). The molecule has 0 aliphatic carbocycles. The number of benzene rings is 2. The van der Waals surface area contributed by atoms with E-state index in [0.717, 1.165) is 10.0 Å². The van der Waals surface area contributed by atoms with E-state index in [4.69, 9.17) is 14.2 Å². The van der Waals surface area contributed by atoms with Crippen molar-refractivity contribution < 1.29 is 23.8 Å². The van der Waals surface area contributed by atoms with Gasteiger partial charge in [-0.1, -0.05) is 26.0 Å². The molecule has 2 aromatic rings. The molecular formula is C22H27BrN2O5. The number of amides is 2. The van der Waals surface area contributed by atoms with E-state index < -0.39 is 11.8 Å². The van der Waals surface area contributed by atoms with E-state index >= 15 is 0 Å². The zero-order valence-corrected chi connectivity index (χ0v) is 19.0. The highest BCUT2D eigenvalue weighted by atomic mass is 79.9. The van der Waals surface area contributed by atoms with Crippen molar-refractivity contribution in [2.45, 2.75) is 26.7 Å². The van der Waals surface area contributed by atoms with Crippen molar-refractivity contribution in [3.8, 4) is 11.5 Å². The summed E-state index contributed by atoms with van der Waals surface area (Å²) in [6, 6.07) is 12.4. The lowest BCUT2D eigenvalue weighted by molar-refractivity contribution is -0.123. The summed E-state index contributed by atoms with van der Waals surface area (Å²) in [7, 11) is 0. The molecule has 162 valence electrons. The van der Waals surface area contributed by atoms with Gasteiger partial charge in [0.1, 0.15) is 18.1 Å². The number of halogens is 1. The van der Waals surface area contributed by atoms with Gasteiger partial charge in [0.25, 0.3) is 11.8 Å². The Labute approximate surface area is 185 Å². The summed E-state index contributed by atoms with van der Waals surface area (Å²) >= 11 is 3.45. The first-order chi connectivity index (χ1) is 14.4. The smallest absolute Gasteiger partial charge is 0.276 e. The lowest BCUT2D eigenvalue weighted by Gasteiger charge is -2.12. The molecule has 0 fully saturated rings. The van der Waals surface area contributed by atoms with Crippen LogP contribution in [0.15, 0.2) is 46.9 Å². The van der Waals surface area contributed by atoms with Gasteiger partial charge < -0.3 is 14.2 Å². The second kappa shape index (κ2) is 12.2. The van der Waals surface area contributed by atoms with Gasteiger partial charge in [-0.2, -0.15) is 0 Å². The number of ether oxygens (including phenoxy) is 3. The highest BCUT2D eigenvalue weighted by Crippen LogP contribution is 2.28. The monoisotopic (exact) mass is 478 g/mol. The fraction of sp³-hybridized carbons (Fsp3) is 0.364. The van der Waals surface area contributed by atoms with Crippen LogP contribution >= 0.6 is 15.9 Å². The summed E-state index contributed by atoms with van der Waals surface area (Å²) in [5, 5.41) is 0. The number of carbonyl (C=O) groups is 2. The fourth-order valence-corrected chi connectivity index (χ4v) is 2.97. The molecule has 0 aliphatic heterocycles. The minimum absolute atomic E-state index is 0.236. The molecule has 0 saturated carbocycles. The van der Waals surface area contributed by atoms with Crippen LogP contribution in [0.25, 0.3) is 0 Å². The zero-order chi connectivity index (χ0) is 21.9. The molecule has 0 atom stereocenters. The minimum atomic E-state index is -0.479. The first kappa shape index (κ1) is 23.7. The zero-order valence-electron chi connectivity index (χ0n) is 17.4. The van der Waals surface area contributed by atoms with E-state index in [2.05, 4.69) is 40.6 Å². The molecule has 0 unspecified atom stereocenters. The predicted molar refractivity (Wildman–Crippen MR) is 118 cm³/mol. The van der Waals surface area contributed by atoms with E-state index in [1.165, 1.54) is 0 Å². The second-order valence-electron chi connectivity index (χ2n) is 6.71. The number of hydrogen-bond acceptors (Lipinski definition) is 5. The van der Waals surface area contributed by atoms with Crippen molar-refractivity contribution in [2.75, 3.05) is 26.4 Å². The van der Waals surface area contributed by atoms with E-state index in [1.807, 2.05) is 25.1 Å². The van der Waals surface area contributed by atoms with Crippen molar-refractivity contribution in [1.82, 2.24) is 10.9 Å². The number of hydrogen-bond donors (Lipinski definition) is 2. The van der Waals surface area contributed by atoms with E-state index in [9.17, 15) is 9.59 Å². The van der Waals surface area contributed by atoms with E-state index in [0.29, 0.717) is 42.8 Å². The minimum Gasteiger partial charge on any atom is -0.491 e. The van der Waals surface area contributed by atoms with Crippen LogP contribution in [-0.4, -0.2) is 38.2 Å². The number of rotatable bonds is 10. The third kappa shape index (κ3) is 7.68. The summed E-state index contributed by atoms with van der Waals surface area (Å²) in [6.07, 6.45) is 0. The molecule has 8 heteroatoms. The van der Waals surface area contributed by atoms with Crippen LogP contribution in [0.3, 0.4) is 0 Å². The maximum Gasteiger partial charge on any atom is 0.276 e. The van der Waals surface area contributed by atoms with E-state index in [1.54, 1.807) is 24.3 Å². The quantitative estimate of drug-likeness (QED) is 0.400. The number of carbonyl (C=O) groups excluding carboxylic acids is 2. The molecule has 0 aromatic heterocycles. The maximum atomic E-state index is 12.3. The molecule has 2 N–H and O–H groups in total. The highest BCUT2D eigenvalue weighted by molar-refractivity contribution is 9.10. The van der Waals surface area contributed by atoms with Crippen molar-refractivity contribution in [2.24, 2.45) is 0 Å². The summed E-state index contributed by atoms with van der Waals surface area (Å²) in [6.45, 7) is 7.35. The van der Waals surface area contributed by atoms with Gasteiger partial charge >= 0.3 is 0 Å². The van der Waals surface area contributed by atoms with E-state index in [-0.39, 0.29) is 6.61 Å². The Morgan fingerprint density at radius 1 is 1.03 bits per heavy atom. The Bertz CT molecular complexity index is 857. The Morgan fingerprint density at radius 3 is 2.53 bits per heavy atom. The first-order valence-electron chi connectivity index (χ1n) is 9.72. The Hall–Kier alpha value is -2.58. The molecule has 2 amide bonds. The van der Waals surface area contributed by atoms with Crippen LogP contribution in [0.4, 0.5) is 0 Å². The van der Waals surface area contributed by atoms with Crippen LogP contribution in [0.5, 0.6) is 11.5 Å². The van der Waals surface area contributed by atoms with Crippen LogP contribution in [-0.2, 0) is 9.53 Å². The number of nitrogens with one attached hydrogen (secondary N) is 2. The predicted octanol–water partition coefficient (Wildman–Crippen LogP) is 3.83. The van der Waals surface area contributed by atoms with Gasteiger partial charge in [0, 0.05) is 12.2 Å². The standard InChI is InChI=1S/C22H27BrN2O5/c1-4-28-10-11-29-18-7-5-6-17(12-18)22(27)25-24-21(26)14-30-20-9-8-16(15(2)3)13-19(20)23/h5-9,12-13,15H,4,10-11,14H2,1-3H3,(H,24,26)(H,25,27). The highest BCUT2D eigenvalue weighted by Gasteiger charge is 2.11. The Morgan fingerprint density at radius 2 is 1.83 bits per heavy atom. The lowest BCUT2D eigenvalue weighted by Crippen LogP contribution is -2.43. The summed E-state index contributed by atoms with van der Waals surface area (Å²) in [5.74, 6) is 0.556. The van der Waals surface area contributed by atoms with Crippen molar-refractivity contribution in [1.29, 1.82) is 0 Å². The molecule has 2 aromatic carbocycles. The average Bonchev–Trinajstić information content (AvgIpc) is 2.74. The topological polar surface area (TPSA) is 85.9 Å². The van der Waals surface area contributed by atoms with Crippen molar-refractivity contribution >= 4 is 27.7 Å². The van der Waals surface area contributed by atoms with Gasteiger partial charge in [-0.05, 0) is 64.7 Å². The summed E-state index contributed by atoms with van der Waals surface area (Å²) in [5.41, 5.74) is 6.23. The SMILES string of the molecule is CCOCCOc1cccc(C(=O)NNC(=O)COc2ccc(C(C)C)cc2Br)c1. The summed E-state index contributed by atoms with van der Waals surface area (Å²) < 4.78 is 17.0. The second-order valence-corrected chi connectivity index (χ2v) is 7.56. The molecule has 0 aliphatic rings. The van der Waals surface area contributed by atoms with Gasteiger partial charge in [-0.3, -0.25) is 20.4 Å². The average molecular weight is 479 g/mol. The third-order valence-corrected chi connectivity index (χ3v) is 4.71.